The van der Waals surface area contributed by atoms with E-state index in [0.29, 0.717) is 0 Å². The summed E-state index contributed by atoms with van der Waals surface area (Å²) in [6.07, 6.45) is -0.247. The van der Waals surface area contributed by atoms with Gasteiger partial charge in [0.1, 0.15) is 5.82 Å². The van der Waals surface area contributed by atoms with Crippen molar-refractivity contribution in [2.24, 2.45) is 0 Å². The summed E-state index contributed by atoms with van der Waals surface area (Å²) < 4.78 is 41.2. The van der Waals surface area contributed by atoms with E-state index in [9.17, 15) is 17.6 Å². The predicted octanol–water partition coefficient (Wildman–Crippen LogP) is 0.886. The molecule has 0 unspecified atom stereocenters. The van der Waals surface area contributed by atoms with Crippen LogP contribution in [0.15, 0.2) is 18.2 Å². The van der Waals surface area contributed by atoms with Gasteiger partial charge in [-0.25, -0.2) is 12.8 Å². The highest BCUT2D eigenvalue weighted by Crippen LogP contribution is 2.17. The number of methoxy groups -OCH3 is 1. The summed E-state index contributed by atoms with van der Waals surface area (Å²) in [5.41, 5.74) is 5.24. The van der Waals surface area contributed by atoms with E-state index >= 15 is 0 Å². The Labute approximate surface area is 105 Å². The Hall–Kier alpha value is -1.63. The molecule has 0 aliphatic rings. The fourth-order valence-corrected chi connectivity index (χ4v) is 2.68. The monoisotopic (exact) mass is 275 g/mol. The summed E-state index contributed by atoms with van der Waals surface area (Å²) in [6.45, 7) is 0. The van der Waals surface area contributed by atoms with Gasteiger partial charge in [-0.3, -0.25) is 4.79 Å². The third-order valence-corrected chi connectivity index (χ3v) is 3.91. The van der Waals surface area contributed by atoms with Crippen molar-refractivity contribution < 1.29 is 22.3 Å². The van der Waals surface area contributed by atoms with Crippen LogP contribution >= 0.6 is 0 Å². The Kier molecular flexibility index (Phi) is 4.66. The Bertz CT molecular complexity index is 542. The van der Waals surface area contributed by atoms with Crippen LogP contribution in [-0.2, 0) is 25.1 Å². The molecule has 0 saturated carbocycles. The van der Waals surface area contributed by atoms with Crippen LogP contribution in [-0.4, -0.2) is 27.2 Å². The van der Waals surface area contributed by atoms with Gasteiger partial charge < -0.3 is 10.5 Å². The van der Waals surface area contributed by atoms with Gasteiger partial charge in [-0.15, -0.1) is 0 Å². The van der Waals surface area contributed by atoms with Crippen molar-refractivity contribution in [1.29, 1.82) is 0 Å². The third-order valence-electron chi connectivity index (χ3n) is 2.33. The second-order valence-corrected chi connectivity index (χ2v) is 5.92. The van der Waals surface area contributed by atoms with Gasteiger partial charge >= 0.3 is 5.97 Å². The molecule has 5 nitrogen and oxygen atoms in total. The van der Waals surface area contributed by atoms with Crippen molar-refractivity contribution >= 4 is 21.5 Å². The van der Waals surface area contributed by atoms with Crippen LogP contribution in [0.5, 0.6) is 0 Å². The summed E-state index contributed by atoms with van der Waals surface area (Å²) in [4.78, 5) is 10.9. The molecule has 2 N–H and O–H groups in total. The van der Waals surface area contributed by atoms with E-state index in [1.165, 1.54) is 25.3 Å². The minimum absolute atomic E-state index is 0.000124. The number of carbonyl (C=O) groups is 1. The van der Waals surface area contributed by atoms with Crippen LogP contribution in [0.2, 0.25) is 0 Å². The van der Waals surface area contributed by atoms with E-state index < -0.39 is 27.4 Å². The number of anilines is 1. The zero-order chi connectivity index (χ0) is 13.8. The fraction of sp³-hybridized carbons (Fsp3) is 0.364. The van der Waals surface area contributed by atoms with Crippen LogP contribution in [0.25, 0.3) is 0 Å². The summed E-state index contributed by atoms with van der Waals surface area (Å²) in [7, 11) is -2.40. The number of carbonyl (C=O) groups excluding carboxylic acids is 1. The zero-order valence-corrected chi connectivity index (χ0v) is 10.7. The van der Waals surface area contributed by atoms with Gasteiger partial charge in [0, 0.05) is 5.56 Å². The van der Waals surface area contributed by atoms with Crippen molar-refractivity contribution in [3.63, 3.8) is 0 Å². The van der Waals surface area contributed by atoms with Gasteiger partial charge in [0.25, 0.3) is 0 Å². The molecule has 1 aromatic rings. The molecule has 0 aromatic heterocycles. The molecule has 0 saturated heterocycles. The molecule has 0 bridgehead atoms. The lowest BCUT2D eigenvalue weighted by Crippen LogP contribution is -2.15. The highest BCUT2D eigenvalue weighted by Gasteiger charge is 2.17. The highest BCUT2D eigenvalue weighted by atomic mass is 32.2. The predicted molar refractivity (Wildman–Crippen MR) is 64.9 cm³/mol. The van der Waals surface area contributed by atoms with Crippen molar-refractivity contribution in [2.45, 2.75) is 12.2 Å². The first kappa shape index (κ1) is 14.4. The first-order valence-corrected chi connectivity index (χ1v) is 6.98. The molecule has 0 atom stereocenters. The Balaban J connectivity index is 2.77. The molecule has 1 rings (SSSR count). The molecule has 0 amide bonds. The smallest absolute Gasteiger partial charge is 0.306 e. The number of hydrogen-bond acceptors (Lipinski definition) is 5. The highest BCUT2D eigenvalue weighted by molar-refractivity contribution is 7.90. The zero-order valence-electron chi connectivity index (χ0n) is 9.85. The van der Waals surface area contributed by atoms with Crippen LogP contribution in [0, 0.1) is 5.82 Å². The maximum atomic E-state index is 13.5. The second kappa shape index (κ2) is 5.81. The van der Waals surface area contributed by atoms with E-state index in [1.54, 1.807) is 0 Å². The van der Waals surface area contributed by atoms with E-state index in [-0.39, 0.29) is 23.4 Å². The molecule has 100 valence electrons. The number of nitrogens with two attached hydrogens (primary N) is 1. The summed E-state index contributed by atoms with van der Waals surface area (Å²) in [5.74, 6) is -2.22. The van der Waals surface area contributed by atoms with Gasteiger partial charge in [-0.1, -0.05) is 12.1 Å². The molecular formula is C11H14FNO4S. The number of benzene rings is 1. The van der Waals surface area contributed by atoms with Gasteiger partial charge in [0.2, 0.25) is 0 Å². The molecular weight excluding hydrogens is 261 g/mol. The number of rotatable bonds is 5. The van der Waals surface area contributed by atoms with Crippen molar-refractivity contribution in [2.75, 3.05) is 18.6 Å². The first-order valence-electron chi connectivity index (χ1n) is 5.16. The van der Waals surface area contributed by atoms with Gasteiger partial charge in [-0.05, 0) is 6.07 Å². The number of halogens is 1. The van der Waals surface area contributed by atoms with Gasteiger partial charge in [0.15, 0.2) is 9.84 Å². The molecule has 0 radical (unpaired) electrons. The topological polar surface area (TPSA) is 86.5 Å². The number of hydrogen-bond donors (Lipinski definition) is 1. The SMILES string of the molecule is COC(=O)CCS(=O)(=O)Cc1cccc(N)c1F. The Morgan fingerprint density at radius 1 is 1.44 bits per heavy atom. The molecule has 1 aromatic carbocycles. The molecule has 0 fully saturated rings. The van der Waals surface area contributed by atoms with Crippen LogP contribution < -0.4 is 5.73 Å². The minimum atomic E-state index is -3.58. The Morgan fingerprint density at radius 3 is 2.72 bits per heavy atom. The quantitative estimate of drug-likeness (QED) is 0.637. The van der Waals surface area contributed by atoms with E-state index in [2.05, 4.69) is 4.74 Å². The van der Waals surface area contributed by atoms with E-state index in [4.69, 9.17) is 5.73 Å². The van der Waals surface area contributed by atoms with Gasteiger partial charge in [-0.2, -0.15) is 0 Å². The molecule has 0 aliphatic heterocycles. The molecule has 7 heteroatoms. The van der Waals surface area contributed by atoms with Crippen LogP contribution in [0.1, 0.15) is 12.0 Å². The fourth-order valence-electron chi connectivity index (χ4n) is 1.36. The number of sulfone groups is 1. The number of esters is 1. The standard InChI is InChI=1S/C11H14FNO4S/c1-17-10(14)5-6-18(15,16)7-8-3-2-4-9(13)11(8)12/h2-4H,5-7,13H2,1H3. The molecule has 0 spiro atoms. The summed E-state index contributed by atoms with van der Waals surface area (Å²) in [5, 5.41) is 0. The summed E-state index contributed by atoms with van der Waals surface area (Å²) in [6, 6.07) is 4.17. The maximum absolute atomic E-state index is 13.5. The lowest BCUT2D eigenvalue weighted by molar-refractivity contribution is -0.140. The first-order chi connectivity index (χ1) is 8.35. The molecule has 0 heterocycles. The largest absolute Gasteiger partial charge is 0.469 e. The van der Waals surface area contributed by atoms with Crippen LogP contribution in [0.4, 0.5) is 10.1 Å². The van der Waals surface area contributed by atoms with E-state index in [0.717, 1.165) is 0 Å². The molecule has 0 aliphatic carbocycles. The van der Waals surface area contributed by atoms with Crippen molar-refractivity contribution in [3.05, 3.63) is 29.6 Å². The Morgan fingerprint density at radius 2 is 2.11 bits per heavy atom. The van der Waals surface area contributed by atoms with Gasteiger partial charge in [0.05, 0.1) is 30.7 Å². The lowest BCUT2D eigenvalue weighted by Gasteiger charge is -2.06. The second-order valence-electron chi connectivity index (χ2n) is 3.74. The molecule has 18 heavy (non-hydrogen) atoms. The number of ether oxygens (including phenoxy) is 1. The van der Waals surface area contributed by atoms with E-state index in [1.807, 2.05) is 0 Å². The average molecular weight is 275 g/mol. The van der Waals surface area contributed by atoms with Crippen molar-refractivity contribution in [3.8, 4) is 0 Å². The lowest BCUT2D eigenvalue weighted by atomic mass is 10.2. The third kappa shape index (κ3) is 3.99. The van der Waals surface area contributed by atoms with Crippen LogP contribution in [0.3, 0.4) is 0 Å². The van der Waals surface area contributed by atoms with Crippen molar-refractivity contribution in [1.82, 2.24) is 0 Å². The maximum Gasteiger partial charge on any atom is 0.306 e. The minimum Gasteiger partial charge on any atom is -0.469 e. The number of nitrogen functional groups attached to an aromatic ring is 1. The normalized spacial score (nSPS) is 11.2. The summed E-state index contributed by atoms with van der Waals surface area (Å²) >= 11 is 0. The average Bonchev–Trinajstić information content (AvgIpc) is 2.32.